The maximum atomic E-state index is 13.4. The minimum Gasteiger partial charge on any atom is -0.393 e. The highest BCUT2D eigenvalue weighted by Crippen LogP contribution is 2.55. The van der Waals surface area contributed by atoms with Gasteiger partial charge in [-0.1, -0.05) is 11.6 Å². The highest BCUT2D eigenvalue weighted by atomic mass is 35.5. The first-order valence-corrected chi connectivity index (χ1v) is 10.7. The summed E-state index contributed by atoms with van der Waals surface area (Å²) in [4.78, 5) is 17.5. The van der Waals surface area contributed by atoms with Crippen LogP contribution in [0, 0.1) is 17.7 Å². The van der Waals surface area contributed by atoms with E-state index in [2.05, 4.69) is 10.3 Å². The molecule has 2 saturated carbocycles. The van der Waals surface area contributed by atoms with Crippen molar-refractivity contribution < 1.29 is 19.4 Å². The zero-order valence-corrected chi connectivity index (χ0v) is 17.9. The fraction of sp³-hybridized carbons (Fsp3) is 0.545. The third kappa shape index (κ3) is 4.11. The molecule has 1 amide bonds. The molecule has 0 radical (unpaired) electrons. The second kappa shape index (κ2) is 7.94. The number of anilines is 1. The Labute approximate surface area is 180 Å². The van der Waals surface area contributed by atoms with Gasteiger partial charge in [0, 0.05) is 25.1 Å². The number of fused-ring (bicyclic) bond motifs is 1. The van der Waals surface area contributed by atoms with Crippen molar-refractivity contribution in [2.75, 3.05) is 5.32 Å². The second-order valence-electron chi connectivity index (χ2n) is 9.05. The summed E-state index contributed by atoms with van der Waals surface area (Å²) < 4.78 is 15.1. The Morgan fingerprint density at radius 3 is 2.67 bits per heavy atom. The van der Waals surface area contributed by atoms with E-state index in [-0.39, 0.29) is 16.8 Å². The van der Waals surface area contributed by atoms with E-state index in [1.165, 1.54) is 18.2 Å². The van der Waals surface area contributed by atoms with Crippen LogP contribution in [-0.4, -0.2) is 37.4 Å². The van der Waals surface area contributed by atoms with Gasteiger partial charge in [-0.15, -0.1) is 0 Å². The van der Waals surface area contributed by atoms with Crippen LogP contribution >= 0.6 is 11.6 Å². The number of carbonyl (C=O) groups excluding carboxylic acids is 1. The summed E-state index contributed by atoms with van der Waals surface area (Å²) >= 11 is 5.82. The first kappa shape index (κ1) is 21.3. The van der Waals surface area contributed by atoms with Crippen molar-refractivity contribution in [2.45, 2.75) is 56.7 Å². The smallest absolute Gasteiger partial charge is 0.274 e. The molecular weight excluding hydrogens is 409 g/mol. The Balaban J connectivity index is 1.49. The summed E-state index contributed by atoms with van der Waals surface area (Å²) in [6.45, 7) is 1.71. The molecule has 0 spiro atoms. The normalized spacial score (nSPS) is 29.1. The molecule has 1 heterocycles. The molecule has 3 atom stereocenters. The molecule has 0 saturated heterocycles. The number of benzene rings is 1. The summed E-state index contributed by atoms with van der Waals surface area (Å²) in [5.41, 5.74) is 0.877. The van der Waals surface area contributed by atoms with Crippen molar-refractivity contribution in [3.05, 3.63) is 46.8 Å². The van der Waals surface area contributed by atoms with Crippen LogP contribution in [-0.2, 0) is 7.05 Å². The molecule has 6 nitrogen and oxygen atoms in total. The lowest BCUT2D eigenvalue weighted by molar-refractivity contribution is -0.00707. The summed E-state index contributed by atoms with van der Waals surface area (Å²) in [6, 6.07) is 4.07. The van der Waals surface area contributed by atoms with Crippen LogP contribution in [0.1, 0.15) is 61.1 Å². The van der Waals surface area contributed by atoms with Crippen molar-refractivity contribution in [1.82, 2.24) is 9.55 Å². The lowest BCUT2D eigenvalue weighted by Gasteiger charge is -2.26. The zero-order chi connectivity index (χ0) is 21.6. The highest BCUT2D eigenvalue weighted by Gasteiger charge is 2.50. The van der Waals surface area contributed by atoms with Gasteiger partial charge < -0.3 is 20.1 Å². The van der Waals surface area contributed by atoms with Crippen LogP contribution in [0.25, 0.3) is 0 Å². The van der Waals surface area contributed by atoms with Gasteiger partial charge in [0.15, 0.2) is 0 Å². The number of hydrogen-bond donors (Lipinski definition) is 3. The van der Waals surface area contributed by atoms with Gasteiger partial charge in [0.25, 0.3) is 5.91 Å². The largest absolute Gasteiger partial charge is 0.393 e. The molecule has 30 heavy (non-hydrogen) atoms. The fourth-order valence-electron chi connectivity index (χ4n) is 5.50. The number of nitrogens with zero attached hydrogens (tertiary/aromatic N) is 2. The summed E-state index contributed by atoms with van der Waals surface area (Å²) in [5, 5.41) is 23.2. The van der Waals surface area contributed by atoms with Crippen molar-refractivity contribution in [3.63, 3.8) is 0 Å². The van der Waals surface area contributed by atoms with Gasteiger partial charge in [-0.25, -0.2) is 9.37 Å². The molecule has 3 unspecified atom stereocenters. The number of aryl methyl sites for hydroxylation is 1. The molecule has 162 valence electrons. The van der Waals surface area contributed by atoms with E-state index in [1.807, 2.05) is 0 Å². The number of hydrogen-bond acceptors (Lipinski definition) is 4. The monoisotopic (exact) mass is 435 g/mol. The number of carbonyl (C=O) groups is 1. The van der Waals surface area contributed by atoms with Crippen LogP contribution in [0.3, 0.4) is 0 Å². The Bertz CT molecular complexity index is 947. The van der Waals surface area contributed by atoms with Crippen LogP contribution in [0.2, 0.25) is 5.02 Å². The average Bonchev–Trinajstić information content (AvgIpc) is 3.28. The maximum absolute atomic E-state index is 13.4. The van der Waals surface area contributed by atoms with Gasteiger partial charge in [0.05, 0.1) is 28.7 Å². The first-order chi connectivity index (χ1) is 14.1. The Morgan fingerprint density at radius 1 is 1.40 bits per heavy atom. The number of nitrogens with one attached hydrogen (secondary N) is 1. The predicted molar refractivity (Wildman–Crippen MR) is 112 cm³/mol. The minimum absolute atomic E-state index is 0.0497. The number of aliphatic hydroxyl groups excluding tert-OH is 1. The van der Waals surface area contributed by atoms with Crippen LogP contribution in [0.4, 0.5) is 10.1 Å². The number of halogens is 2. The molecule has 1 aromatic heterocycles. The van der Waals surface area contributed by atoms with Crippen LogP contribution in [0.5, 0.6) is 0 Å². The van der Waals surface area contributed by atoms with E-state index in [1.54, 1.807) is 24.9 Å². The number of aromatic nitrogens is 2. The van der Waals surface area contributed by atoms with Crippen molar-refractivity contribution in [1.29, 1.82) is 0 Å². The van der Waals surface area contributed by atoms with E-state index in [0.717, 1.165) is 18.5 Å². The lowest BCUT2D eigenvalue weighted by Crippen LogP contribution is -2.30. The second-order valence-corrected chi connectivity index (χ2v) is 9.45. The van der Waals surface area contributed by atoms with Gasteiger partial charge >= 0.3 is 0 Å². The van der Waals surface area contributed by atoms with Crippen molar-refractivity contribution in [3.8, 4) is 0 Å². The van der Waals surface area contributed by atoms with Crippen LogP contribution < -0.4 is 5.32 Å². The SMILES string of the molecule is CC(O)CC1(O)CC2CC(c3ncn(C)c3C(=O)Nc3ccc(F)c(Cl)c3)CC2C1. The lowest BCUT2D eigenvalue weighted by atomic mass is 9.89. The number of aliphatic hydroxyl groups is 2. The molecule has 2 aliphatic carbocycles. The van der Waals surface area contributed by atoms with E-state index in [0.29, 0.717) is 42.5 Å². The van der Waals surface area contributed by atoms with Gasteiger partial charge in [-0.2, -0.15) is 0 Å². The van der Waals surface area contributed by atoms with Gasteiger partial charge in [-0.05, 0) is 62.6 Å². The maximum Gasteiger partial charge on any atom is 0.274 e. The Morgan fingerprint density at radius 2 is 2.07 bits per heavy atom. The van der Waals surface area contributed by atoms with Gasteiger partial charge in [0.2, 0.25) is 0 Å². The average molecular weight is 436 g/mol. The molecule has 4 rings (SSSR count). The van der Waals surface area contributed by atoms with E-state index in [9.17, 15) is 19.4 Å². The summed E-state index contributed by atoms with van der Waals surface area (Å²) in [5.74, 6) is 0.0364. The molecule has 0 bridgehead atoms. The number of imidazole rings is 1. The van der Waals surface area contributed by atoms with E-state index in [4.69, 9.17) is 11.6 Å². The van der Waals surface area contributed by atoms with Crippen molar-refractivity contribution in [2.24, 2.45) is 18.9 Å². The van der Waals surface area contributed by atoms with E-state index < -0.39 is 17.5 Å². The van der Waals surface area contributed by atoms with Crippen LogP contribution in [0.15, 0.2) is 24.5 Å². The molecule has 8 heteroatoms. The molecule has 3 N–H and O–H groups in total. The zero-order valence-electron chi connectivity index (χ0n) is 17.1. The summed E-state index contributed by atoms with van der Waals surface area (Å²) in [6.07, 6.45) is 4.62. The van der Waals surface area contributed by atoms with Gasteiger partial charge in [-0.3, -0.25) is 4.79 Å². The van der Waals surface area contributed by atoms with Crippen molar-refractivity contribution >= 4 is 23.2 Å². The molecular formula is C22H27ClFN3O3. The first-order valence-electron chi connectivity index (χ1n) is 10.3. The predicted octanol–water partition coefficient (Wildman–Crippen LogP) is 3.87. The third-order valence-electron chi connectivity index (χ3n) is 6.55. The van der Waals surface area contributed by atoms with E-state index >= 15 is 0 Å². The fourth-order valence-corrected chi connectivity index (χ4v) is 5.68. The quantitative estimate of drug-likeness (QED) is 0.665. The molecule has 1 aromatic carbocycles. The standard InChI is InChI=1S/C22H27ClFN3O3/c1-12(28)8-22(30)9-14-5-13(6-15(14)10-22)19-20(27(2)11-25-19)21(29)26-16-3-4-18(24)17(23)7-16/h3-4,7,11-15,28,30H,5-6,8-10H2,1-2H3,(H,26,29). The molecule has 2 aromatic rings. The topological polar surface area (TPSA) is 87.4 Å². The number of amides is 1. The molecule has 2 fully saturated rings. The van der Waals surface area contributed by atoms with Gasteiger partial charge in [0.1, 0.15) is 11.5 Å². The minimum atomic E-state index is -0.791. The third-order valence-corrected chi connectivity index (χ3v) is 6.84. The Hall–Kier alpha value is -1.96. The Kier molecular flexibility index (Phi) is 5.64. The molecule has 2 aliphatic rings. The number of rotatable bonds is 5. The summed E-state index contributed by atoms with van der Waals surface area (Å²) in [7, 11) is 1.78. The molecule has 0 aliphatic heterocycles. The highest BCUT2D eigenvalue weighted by molar-refractivity contribution is 6.31.